The maximum Gasteiger partial charge on any atom is 0.250 e. The largest absolute Gasteiger partial charge is 0.341 e. The van der Waals surface area contributed by atoms with Crippen LogP contribution in [0.15, 0.2) is 0 Å². The molecule has 1 heterocycles. The molecule has 1 saturated heterocycles. The van der Waals surface area contributed by atoms with Gasteiger partial charge in [-0.25, -0.2) is 8.78 Å². The maximum absolute atomic E-state index is 12.2. The molecule has 2 unspecified atom stereocenters. The number of hydrogen-bond donors (Lipinski definition) is 1. The lowest BCUT2D eigenvalue weighted by Crippen LogP contribution is -2.52. The number of nitrogens with zero attached hydrogens (tertiary/aromatic N) is 1. The normalized spacial score (nSPS) is 25.7. The number of piperidine rings is 1. The molecule has 0 aromatic rings. The fourth-order valence-electron chi connectivity index (χ4n) is 2.28. The molecule has 17 heavy (non-hydrogen) atoms. The second-order valence-electron chi connectivity index (χ2n) is 5.16. The van der Waals surface area contributed by atoms with E-state index in [-0.39, 0.29) is 18.5 Å². The first-order valence-corrected chi connectivity index (χ1v) is 6.17. The Morgan fingerprint density at radius 1 is 1.41 bits per heavy atom. The lowest BCUT2D eigenvalue weighted by molar-refractivity contribution is -0.131. The number of hydrogen-bond acceptors (Lipinski definition) is 2. The summed E-state index contributed by atoms with van der Waals surface area (Å²) in [7, 11) is 0. The van der Waals surface area contributed by atoms with Crippen LogP contribution in [0.1, 0.15) is 27.2 Å². The molecule has 1 fully saturated rings. The average molecular weight is 248 g/mol. The second-order valence-corrected chi connectivity index (χ2v) is 5.16. The minimum Gasteiger partial charge on any atom is -0.341 e. The van der Waals surface area contributed by atoms with E-state index in [0.717, 1.165) is 13.0 Å². The van der Waals surface area contributed by atoms with Crippen molar-refractivity contribution in [1.29, 1.82) is 0 Å². The summed E-state index contributed by atoms with van der Waals surface area (Å²) >= 11 is 0. The maximum atomic E-state index is 12.2. The van der Waals surface area contributed by atoms with E-state index >= 15 is 0 Å². The summed E-state index contributed by atoms with van der Waals surface area (Å²) in [6, 6.07) is -0.00551. The Morgan fingerprint density at radius 2 is 2.06 bits per heavy atom. The van der Waals surface area contributed by atoms with Crippen molar-refractivity contribution < 1.29 is 13.6 Å². The Hall–Kier alpha value is -0.710. The van der Waals surface area contributed by atoms with Crippen LogP contribution in [0.25, 0.3) is 0 Å². The van der Waals surface area contributed by atoms with Gasteiger partial charge in [0.25, 0.3) is 6.43 Å². The number of alkyl halides is 2. The highest BCUT2D eigenvalue weighted by Crippen LogP contribution is 2.24. The van der Waals surface area contributed by atoms with Crippen molar-refractivity contribution in [2.24, 2.45) is 11.8 Å². The number of likely N-dealkylation sites (tertiary alicyclic amines) is 1. The van der Waals surface area contributed by atoms with Crippen molar-refractivity contribution in [3.05, 3.63) is 0 Å². The predicted octanol–water partition coefficient (Wildman–Crippen LogP) is 1.73. The van der Waals surface area contributed by atoms with E-state index in [4.69, 9.17) is 0 Å². The first kappa shape index (κ1) is 14.4. The zero-order valence-electron chi connectivity index (χ0n) is 10.7. The Labute approximate surface area is 102 Å². The van der Waals surface area contributed by atoms with Gasteiger partial charge < -0.3 is 10.2 Å². The molecule has 2 atom stereocenters. The average Bonchev–Trinajstić information content (AvgIpc) is 2.25. The summed E-state index contributed by atoms with van der Waals surface area (Å²) in [5.74, 6) is 0.884. The van der Waals surface area contributed by atoms with Crippen LogP contribution in [-0.4, -0.2) is 42.9 Å². The summed E-state index contributed by atoms with van der Waals surface area (Å²) in [4.78, 5) is 13.2. The molecular weight excluding hydrogens is 226 g/mol. The minimum absolute atomic E-state index is 0.00551. The van der Waals surface area contributed by atoms with E-state index in [0.29, 0.717) is 18.4 Å². The van der Waals surface area contributed by atoms with Gasteiger partial charge in [-0.1, -0.05) is 13.8 Å². The number of carbonyl (C=O) groups is 1. The van der Waals surface area contributed by atoms with Gasteiger partial charge >= 0.3 is 0 Å². The number of halogens is 2. The van der Waals surface area contributed by atoms with Gasteiger partial charge in [0.2, 0.25) is 5.91 Å². The van der Waals surface area contributed by atoms with Crippen molar-refractivity contribution in [3.63, 3.8) is 0 Å². The van der Waals surface area contributed by atoms with Crippen LogP contribution >= 0.6 is 0 Å². The first-order chi connectivity index (χ1) is 7.90. The predicted molar refractivity (Wildman–Crippen MR) is 63.0 cm³/mol. The standard InChI is InChI=1S/C12H22F2N2O/c1-8(2)10-4-11(15-5-12(13)14)7-16(6-10)9(3)17/h8,10-12,15H,4-7H2,1-3H3. The highest BCUT2D eigenvalue weighted by Gasteiger charge is 2.30. The first-order valence-electron chi connectivity index (χ1n) is 6.17. The third-order valence-electron chi connectivity index (χ3n) is 3.43. The molecule has 100 valence electrons. The molecule has 5 heteroatoms. The Kier molecular flexibility index (Phi) is 5.31. The summed E-state index contributed by atoms with van der Waals surface area (Å²) < 4.78 is 24.3. The minimum atomic E-state index is -2.33. The Balaban J connectivity index is 2.55. The third-order valence-corrected chi connectivity index (χ3v) is 3.43. The number of amides is 1. The molecule has 3 nitrogen and oxygen atoms in total. The van der Waals surface area contributed by atoms with Crippen molar-refractivity contribution in [2.75, 3.05) is 19.6 Å². The molecule has 0 radical (unpaired) electrons. The van der Waals surface area contributed by atoms with E-state index < -0.39 is 6.43 Å². The molecule has 0 bridgehead atoms. The summed E-state index contributed by atoms with van der Waals surface area (Å²) in [6.07, 6.45) is -1.46. The van der Waals surface area contributed by atoms with Crippen LogP contribution < -0.4 is 5.32 Å². The number of rotatable bonds is 4. The van der Waals surface area contributed by atoms with Gasteiger partial charge in [0, 0.05) is 26.1 Å². The van der Waals surface area contributed by atoms with Gasteiger partial charge in [-0.3, -0.25) is 4.79 Å². The van der Waals surface area contributed by atoms with Crippen LogP contribution in [0, 0.1) is 11.8 Å². The quantitative estimate of drug-likeness (QED) is 0.822. The van der Waals surface area contributed by atoms with Crippen LogP contribution in [0.3, 0.4) is 0 Å². The molecule has 1 aliphatic rings. The van der Waals surface area contributed by atoms with Crippen LogP contribution in [0.5, 0.6) is 0 Å². The summed E-state index contributed by atoms with van der Waals surface area (Å²) in [5.41, 5.74) is 0. The van der Waals surface area contributed by atoms with Crippen molar-refractivity contribution >= 4 is 5.91 Å². The van der Waals surface area contributed by atoms with Crippen molar-refractivity contribution in [3.8, 4) is 0 Å². The van der Waals surface area contributed by atoms with Crippen LogP contribution in [0.2, 0.25) is 0 Å². The molecule has 0 saturated carbocycles. The highest BCUT2D eigenvalue weighted by molar-refractivity contribution is 5.73. The summed E-state index contributed by atoms with van der Waals surface area (Å²) in [6.45, 7) is 6.76. The zero-order chi connectivity index (χ0) is 13.0. The molecule has 1 amide bonds. The molecule has 1 rings (SSSR count). The monoisotopic (exact) mass is 248 g/mol. The lowest BCUT2D eigenvalue weighted by Gasteiger charge is -2.39. The van der Waals surface area contributed by atoms with E-state index in [2.05, 4.69) is 19.2 Å². The fraction of sp³-hybridized carbons (Fsp3) is 0.917. The molecule has 0 aromatic heterocycles. The van der Waals surface area contributed by atoms with E-state index in [1.165, 1.54) is 6.92 Å². The third kappa shape index (κ3) is 4.58. The van der Waals surface area contributed by atoms with Gasteiger partial charge in [-0.15, -0.1) is 0 Å². The lowest BCUT2D eigenvalue weighted by atomic mass is 9.85. The molecule has 0 aromatic carbocycles. The van der Waals surface area contributed by atoms with Crippen LogP contribution in [-0.2, 0) is 4.79 Å². The molecular formula is C12H22F2N2O. The van der Waals surface area contributed by atoms with Crippen molar-refractivity contribution in [1.82, 2.24) is 10.2 Å². The zero-order valence-corrected chi connectivity index (χ0v) is 10.7. The van der Waals surface area contributed by atoms with Gasteiger partial charge in [-0.05, 0) is 18.3 Å². The second kappa shape index (κ2) is 6.28. The topological polar surface area (TPSA) is 32.3 Å². The molecule has 0 aliphatic carbocycles. The fourth-order valence-corrected chi connectivity index (χ4v) is 2.28. The molecule has 1 N–H and O–H groups in total. The van der Waals surface area contributed by atoms with E-state index in [9.17, 15) is 13.6 Å². The van der Waals surface area contributed by atoms with E-state index in [1.54, 1.807) is 4.90 Å². The summed E-state index contributed by atoms with van der Waals surface area (Å²) in [5, 5.41) is 2.85. The van der Waals surface area contributed by atoms with Gasteiger partial charge in [0.05, 0.1) is 6.54 Å². The van der Waals surface area contributed by atoms with Gasteiger partial charge in [0.15, 0.2) is 0 Å². The van der Waals surface area contributed by atoms with Gasteiger partial charge in [-0.2, -0.15) is 0 Å². The smallest absolute Gasteiger partial charge is 0.250 e. The SMILES string of the molecule is CC(=O)N1CC(NCC(F)F)CC(C(C)C)C1. The Bertz CT molecular complexity index is 259. The van der Waals surface area contributed by atoms with Gasteiger partial charge in [0.1, 0.15) is 0 Å². The highest BCUT2D eigenvalue weighted by atomic mass is 19.3. The van der Waals surface area contributed by atoms with Crippen LogP contribution in [0.4, 0.5) is 8.78 Å². The molecule has 0 spiro atoms. The number of carbonyl (C=O) groups excluding carboxylic acids is 1. The Morgan fingerprint density at radius 3 is 2.53 bits per heavy atom. The number of nitrogens with one attached hydrogen (secondary N) is 1. The van der Waals surface area contributed by atoms with Crippen molar-refractivity contribution in [2.45, 2.75) is 39.7 Å². The molecule has 1 aliphatic heterocycles. The van der Waals surface area contributed by atoms with E-state index in [1.807, 2.05) is 0 Å².